The van der Waals surface area contributed by atoms with Crippen LogP contribution in [0.15, 0.2) is 12.4 Å². The molecule has 4 heterocycles. The van der Waals surface area contributed by atoms with Crippen LogP contribution in [0.25, 0.3) is 10.2 Å². The number of anilines is 2. The normalized spacial score (nSPS) is 25.1. The maximum Gasteiger partial charge on any atom is 0.232 e. The molecule has 1 aliphatic heterocycles. The Kier molecular flexibility index (Phi) is 6.62. The number of morpholine rings is 1. The highest BCUT2D eigenvalue weighted by Crippen LogP contribution is 2.48. The Bertz CT molecular complexity index is 1170. The highest BCUT2D eigenvalue weighted by molar-refractivity contribution is 7.19. The molecule has 3 aromatic rings. The van der Waals surface area contributed by atoms with E-state index in [4.69, 9.17) is 19.4 Å². The molecule has 2 fully saturated rings. The monoisotopic (exact) mass is 498 g/mol. The van der Waals surface area contributed by atoms with E-state index in [0.29, 0.717) is 23.8 Å². The standard InChI is InChI=1S/C25H34N6O3S/c1-30-15-17(14-26-30)27-25-28-23(22-21-16(8-11-32)2-7-20(21)35-24(22)29-25)34-19-5-3-18(4-6-19)31-9-12-33-13-10-31/h14-16,18-19,32H,2-13H2,1H3,(H,27,28,29)/t16-,18?,19?/m1/s1. The fourth-order valence-electron chi connectivity index (χ4n) is 5.93. The van der Waals surface area contributed by atoms with Gasteiger partial charge in [-0.15, -0.1) is 11.3 Å². The highest BCUT2D eigenvalue weighted by Gasteiger charge is 2.32. The molecule has 35 heavy (non-hydrogen) atoms. The van der Waals surface area contributed by atoms with Crippen LogP contribution in [0.1, 0.15) is 54.9 Å². The summed E-state index contributed by atoms with van der Waals surface area (Å²) in [6, 6.07) is 0.631. The van der Waals surface area contributed by atoms with Crippen LogP contribution in [0.2, 0.25) is 0 Å². The van der Waals surface area contributed by atoms with Crippen molar-refractivity contribution in [3.8, 4) is 5.88 Å². The first-order valence-corrected chi connectivity index (χ1v) is 13.7. The molecule has 1 saturated carbocycles. The number of nitrogens with one attached hydrogen (secondary N) is 1. The third kappa shape index (κ3) is 4.76. The van der Waals surface area contributed by atoms with E-state index < -0.39 is 0 Å². The number of aryl methyl sites for hydroxylation is 2. The number of rotatable bonds is 7. The van der Waals surface area contributed by atoms with Crippen LogP contribution in [0.4, 0.5) is 11.6 Å². The summed E-state index contributed by atoms with van der Waals surface area (Å²) in [4.78, 5) is 14.7. The average Bonchev–Trinajstić information content (AvgIpc) is 3.56. The fraction of sp³-hybridized carbons (Fsp3) is 0.640. The number of aliphatic hydroxyl groups excluding tert-OH is 1. The molecular weight excluding hydrogens is 464 g/mol. The summed E-state index contributed by atoms with van der Waals surface area (Å²) >= 11 is 1.75. The molecule has 6 rings (SSSR count). The Hall–Kier alpha value is -2.27. The molecule has 3 aliphatic rings. The number of nitrogens with zero attached hydrogens (tertiary/aromatic N) is 5. The van der Waals surface area contributed by atoms with Crippen molar-refractivity contribution >= 4 is 33.2 Å². The molecule has 3 aromatic heterocycles. The summed E-state index contributed by atoms with van der Waals surface area (Å²) in [5.41, 5.74) is 2.16. The molecule has 1 atom stereocenters. The predicted molar refractivity (Wildman–Crippen MR) is 136 cm³/mol. The van der Waals surface area contributed by atoms with Gasteiger partial charge < -0.3 is 19.9 Å². The van der Waals surface area contributed by atoms with E-state index >= 15 is 0 Å². The van der Waals surface area contributed by atoms with Crippen molar-refractivity contribution in [2.24, 2.45) is 7.05 Å². The van der Waals surface area contributed by atoms with E-state index in [2.05, 4.69) is 15.3 Å². The largest absolute Gasteiger partial charge is 0.474 e. The fourth-order valence-corrected chi connectivity index (χ4v) is 7.20. The summed E-state index contributed by atoms with van der Waals surface area (Å²) in [5.74, 6) is 1.59. The first-order valence-electron chi connectivity index (χ1n) is 12.9. The zero-order chi connectivity index (χ0) is 23.8. The van der Waals surface area contributed by atoms with Crippen molar-refractivity contribution in [1.29, 1.82) is 0 Å². The molecule has 0 amide bonds. The second-order valence-corrected chi connectivity index (χ2v) is 11.0. The van der Waals surface area contributed by atoms with E-state index in [0.717, 1.165) is 87.2 Å². The maximum absolute atomic E-state index is 9.65. The van der Waals surface area contributed by atoms with Crippen LogP contribution < -0.4 is 10.1 Å². The van der Waals surface area contributed by atoms with Gasteiger partial charge in [-0.05, 0) is 56.4 Å². The first kappa shape index (κ1) is 23.1. The predicted octanol–water partition coefficient (Wildman–Crippen LogP) is 3.60. The number of hydrogen-bond donors (Lipinski definition) is 2. The number of fused-ring (bicyclic) bond motifs is 3. The molecule has 188 valence electrons. The summed E-state index contributed by atoms with van der Waals surface area (Å²) in [6.07, 6.45) is 11.1. The Balaban J connectivity index is 1.27. The third-order valence-electron chi connectivity index (χ3n) is 7.68. The lowest BCUT2D eigenvalue weighted by molar-refractivity contribution is -0.00125. The third-order valence-corrected chi connectivity index (χ3v) is 8.84. The van der Waals surface area contributed by atoms with Crippen LogP contribution in [0.3, 0.4) is 0 Å². The molecule has 0 spiro atoms. The number of aromatic nitrogens is 4. The van der Waals surface area contributed by atoms with E-state index in [1.807, 2.05) is 13.2 Å². The summed E-state index contributed by atoms with van der Waals surface area (Å²) in [5, 5.41) is 18.3. The van der Waals surface area contributed by atoms with Crippen molar-refractivity contribution in [2.75, 3.05) is 38.2 Å². The summed E-state index contributed by atoms with van der Waals surface area (Å²) in [6.45, 7) is 3.98. The van der Waals surface area contributed by atoms with E-state index in [9.17, 15) is 5.11 Å². The number of ether oxygens (including phenoxy) is 2. The molecule has 0 unspecified atom stereocenters. The number of thiophene rings is 1. The minimum atomic E-state index is 0.157. The molecule has 0 radical (unpaired) electrons. The van der Waals surface area contributed by atoms with Crippen LogP contribution in [0, 0.1) is 0 Å². The molecule has 0 bridgehead atoms. The van der Waals surface area contributed by atoms with E-state index in [1.54, 1.807) is 22.2 Å². The van der Waals surface area contributed by atoms with Crippen LogP contribution >= 0.6 is 11.3 Å². The Morgan fingerprint density at radius 3 is 2.74 bits per heavy atom. The molecule has 10 heteroatoms. The van der Waals surface area contributed by atoms with Gasteiger partial charge in [0, 0.05) is 43.9 Å². The van der Waals surface area contributed by atoms with Gasteiger partial charge in [-0.3, -0.25) is 9.58 Å². The van der Waals surface area contributed by atoms with Gasteiger partial charge in [0.25, 0.3) is 0 Å². The van der Waals surface area contributed by atoms with Gasteiger partial charge in [-0.25, -0.2) is 4.98 Å². The van der Waals surface area contributed by atoms with Gasteiger partial charge >= 0.3 is 0 Å². The zero-order valence-corrected chi connectivity index (χ0v) is 21.1. The van der Waals surface area contributed by atoms with Crippen molar-refractivity contribution in [3.05, 3.63) is 22.8 Å². The quantitative estimate of drug-likeness (QED) is 0.510. The lowest BCUT2D eigenvalue weighted by atomic mass is 9.91. The number of aliphatic hydroxyl groups is 1. The smallest absolute Gasteiger partial charge is 0.232 e. The van der Waals surface area contributed by atoms with Crippen molar-refractivity contribution in [1.82, 2.24) is 24.6 Å². The van der Waals surface area contributed by atoms with Crippen LogP contribution in [-0.2, 0) is 18.2 Å². The maximum atomic E-state index is 9.65. The molecule has 9 nitrogen and oxygen atoms in total. The van der Waals surface area contributed by atoms with Crippen molar-refractivity contribution in [2.45, 2.75) is 63.0 Å². The molecule has 2 aliphatic carbocycles. The zero-order valence-electron chi connectivity index (χ0n) is 20.3. The Morgan fingerprint density at radius 2 is 2.00 bits per heavy atom. The SMILES string of the molecule is Cn1cc(Nc2nc(OC3CCC(N4CCOCC4)CC3)c3c4c(sc3n2)CC[C@@H]4CCO)cn1. The molecular formula is C25H34N6O3S. The summed E-state index contributed by atoms with van der Waals surface area (Å²) in [7, 11) is 1.89. The molecule has 1 saturated heterocycles. The van der Waals surface area contributed by atoms with E-state index in [-0.39, 0.29) is 12.7 Å². The lowest BCUT2D eigenvalue weighted by Gasteiger charge is -2.38. The van der Waals surface area contributed by atoms with Crippen molar-refractivity contribution < 1.29 is 14.6 Å². The summed E-state index contributed by atoms with van der Waals surface area (Å²) < 4.78 is 14.0. The average molecular weight is 499 g/mol. The van der Waals surface area contributed by atoms with Crippen LogP contribution in [-0.4, -0.2) is 74.8 Å². The van der Waals surface area contributed by atoms with Gasteiger partial charge in [-0.2, -0.15) is 10.1 Å². The van der Waals surface area contributed by atoms with Gasteiger partial charge in [0.1, 0.15) is 10.9 Å². The molecule has 2 N–H and O–H groups in total. The van der Waals surface area contributed by atoms with Crippen molar-refractivity contribution in [3.63, 3.8) is 0 Å². The second-order valence-electron chi connectivity index (χ2n) is 9.94. The topological polar surface area (TPSA) is 97.6 Å². The van der Waals surface area contributed by atoms with Crippen LogP contribution in [0.5, 0.6) is 5.88 Å². The van der Waals surface area contributed by atoms with Gasteiger partial charge in [0.05, 0.1) is 30.5 Å². The lowest BCUT2D eigenvalue weighted by Crippen LogP contribution is -2.46. The van der Waals surface area contributed by atoms with E-state index in [1.165, 1.54) is 10.4 Å². The second kappa shape index (κ2) is 10.0. The first-order chi connectivity index (χ1) is 17.2. The highest BCUT2D eigenvalue weighted by atomic mass is 32.1. The minimum Gasteiger partial charge on any atom is -0.474 e. The number of hydrogen-bond acceptors (Lipinski definition) is 9. The van der Waals surface area contributed by atoms with Gasteiger partial charge in [-0.1, -0.05) is 0 Å². The Morgan fingerprint density at radius 1 is 1.17 bits per heavy atom. The molecule has 0 aromatic carbocycles. The Labute approximate surface area is 209 Å². The minimum absolute atomic E-state index is 0.157. The van der Waals surface area contributed by atoms with Gasteiger partial charge in [0.15, 0.2) is 0 Å². The van der Waals surface area contributed by atoms with Gasteiger partial charge in [0.2, 0.25) is 11.8 Å².